The predicted octanol–water partition coefficient (Wildman–Crippen LogP) is 3.88. The average molecular weight is 467 g/mol. The van der Waals surface area contributed by atoms with Crippen molar-refractivity contribution in [1.29, 1.82) is 0 Å². The summed E-state index contributed by atoms with van der Waals surface area (Å²) in [5.74, 6) is 1.22. The van der Waals surface area contributed by atoms with Crippen LogP contribution in [0.15, 0.2) is 36.4 Å². The van der Waals surface area contributed by atoms with E-state index in [4.69, 9.17) is 43.1 Å². The highest BCUT2D eigenvalue weighted by atomic mass is 35.5. The van der Waals surface area contributed by atoms with Gasteiger partial charge < -0.3 is 24.7 Å². The maximum absolute atomic E-state index is 10.6. The van der Waals surface area contributed by atoms with E-state index < -0.39 is 0 Å². The molecule has 2 aromatic rings. The molecule has 0 bridgehead atoms. The van der Waals surface area contributed by atoms with E-state index in [0.29, 0.717) is 55.0 Å². The second kappa shape index (κ2) is 11.7. The van der Waals surface area contributed by atoms with Crippen molar-refractivity contribution < 1.29 is 19.0 Å². The highest BCUT2D eigenvalue weighted by Gasteiger charge is 2.29. The van der Waals surface area contributed by atoms with Gasteiger partial charge in [-0.05, 0) is 42.3 Å². The van der Waals surface area contributed by atoms with Crippen LogP contribution in [-0.4, -0.2) is 56.4 Å². The SMILES string of the molecule is Cc1cc(Cl)c(OCCOc2ccc(CC3OCCN(CCC=O)C3N)cc2)c(Cl)c1. The third kappa shape index (κ3) is 6.82. The minimum absolute atomic E-state index is 0.107. The lowest BCUT2D eigenvalue weighted by molar-refractivity contribution is -0.109. The monoisotopic (exact) mass is 466 g/mol. The number of nitrogens with two attached hydrogens (primary N) is 1. The molecular weight excluding hydrogens is 439 g/mol. The lowest BCUT2D eigenvalue weighted by Gasteiger charge is -2.38. The maximum Gasteiger partial charge on any atom is 0.156 e. The molecule has 2 unspecified atom stereocenters. The molecule has 0 aliphatic carbocycles. The summed E-state index contributed by atoms with van der Waals surface area (Å²) in [5, 5.41) is 0.976. The Morgan fingerprint density at radius 2 is 1.84 bits per heavy atom. The van der Waals surface area contributed by atoms with Gasteiger partial charge in [-0.2, -0.15) is 0 Å². The molecule has 1 heterocycles. The van der Waals surface area contributed by atoms with Crippen LogP contribution in [0.3, 0.4) is 0 Å². The molecule has 0 amide bonds. The number of carbonyl (C=O) groups is 1. The molecule has 2 aromatic carbocycles. The van der Waals surface area contributed by atoms with Crippen LogP contribution in [0.25, 0.3) is 0 Å². The van der Waals surface area contributed by atoms with E-state index in [2.05, 4.69) is 4.90 Å². The van der Waals surface area contributed by atoms with Crippen LogP contribution < -0.4 is 15.2 Å². The molecule has 1 aliphatic rings. The number of benzene rings is 2. The smallest absolute Gasteiger partial charge is 0.156 e. The summed E-state index contributed by atoms with van der Waals surface area (Å²) < 4.78 is 17.3. The molecular formula is C23H28Cl2N2O4. The first-order valence-electron chi connectivity index (χ1n) is 10.3. The minimum atomic E-state index is -0.220. The largest absolute Gasteiger partial charge is 0.490 e. The molecule has 0 aromatic heterocycles. The zero-order valence-corrected chi connectivity index (χ0v) is 19.1. The molecule has 2 atom stereocenters. The first kappa shape index (κ1) is 23.8. The summed E-state index contributed by atoms with van der Waals surface area (Å²) >= 11 is 12.4. The Balaban J connectivity index is 1.45. The molecule has 31 heavy (non-hydrogen) atoms. The lowest BCUT2D eigenvalue weighted by Crippen LogP contribution is -2.57. The van der Waals surface area contributed by atoms with Crippen LogP contribution in [0.4, 0.5) is 0 Å². The number of morpholine rings is 1. The van der Waals surface area contributed by atoms with E-state index in [1.165, 1.54) is 0 Å². The second-order valence-corrected chi connectivity index (χ2v) is 8.31. The van der Waals surface area contributed by atoms with E-state index in [1.54, 1.807) is 0 Å². The number of rotatable bonds is 10. The summed E-state index contributed by atoms with van der Waals surface area (Å²) in [6, 6.07) is 11.5. The lowest BCUT2D eigenvalue weighted by atomic mass is 10.0. The van der Waals surface area contributed by atoms with Gasteiger partial charge in [0.15, 0.2) is 5.75 Å². The van der Waals surface area contributed by atoms with Crippen LogP contribution in [0.1, 0.15) is 17.5 Å². The summed E-state index contributed by atoms with van der Waals surface area (Å²) in [6.45, 7) is 4.64. The second-order valence-electron chi connectivity index (χ2n) is 7.49. The van der Waals surface area contributed by atoms with Crippen LogP contribution in [0.2, 0.25) is 10.0 Å². The zero-order valence-electron chi connectivity index (χ0n) is 17.6. The van der Waals surface area contributed by atoms with Gasteiger partial charge in [-0.1, -0.05) is 35.3 Å². The Hall–Kier alpha value is -1.83. The van der Waals surface area contributed by atoms with Gasteiger partial charge in [-0.15, -0.1) is 0 Å². The molecule has 1 fully saturated rings. The van der Waals surface area contributed by atoms with Gasteiger partial charge >= 0.3 is 0 Å². The van der Waals surface area contributed by atoms with Crippen molar-refractivity contribution in [2.24, 2.45) is 5.73 Å². The Morgan fingerprint density at radius 3 is 2.52 bits per heavy atom. The van der Waals surface area contributed by atoms with Gasteiger partial charge in [0.05, 0.1) is 28.9 Å². The first-order valence-corrected chi connectivity index (χ1v) is 11.1. The van der Waals surface area contributed by atoms with E-state index in [9.17, 15) is 4.79 Å². The quantitative estimate of drug-likeness (QED) is 0.423. The highest BCUT2D eigenvalue weighted by Crippen LogP contribution is 2.33. The Morgan fingerprint density at radius 1 is 1.16 bits per heavy atom. The minimum Gasteiger partial charge on any atom is -0.490 e. The van der Waals surface area contributed by atoms with Crippen LogP contribution in [-0.2, 0) is 16.0 Å². The van der Waals surface area contributed by atoms with E-state index >= 15 is 0 Å². The Kier molecular flexibility index (Phi) is 8.99. The van der Waals surface area contributed by atoms with Crippen molar-refractivity contribution >= 4 is 29.5 Å². The highest BCUT2D eigenvalue weighted by molar-refractivity contribution is 6.37. The average Bonchev–Trinajstić information content (AvgIpc) is 2.74. The number of halogens is 2. The van der Waals surface area contributed by atoms with Gasteiger partial charge in [0.25, 0.3) is 0 Å². The zero-order chi connectivity index (χ0) is 22.2. The number of hydrogen-bond acceptors (Lipinski definition) is 6. The van der Waals surface area contributed by atoms with E-state index in [1.807, 2.05) is 43.3 Å². The number of ether oxygens (including phenoxy) is 3. The molecule has 1 saturated heterocycles. The van der Waals surface area contributed by atoms with Gasteiger partial charge in [-0.25, -0.2) is 0 Å². The third-order valence-corrected chi connectivity index (χ3v) is 5.71. The van der Waals surface area contributed by atoms with Crippen molar-refractivity contribution in [2.45, 2.75) is 32.0 Å². The number of nitrogens with zero attached hydrogens (tertiary/aromatic N) is 1. The van der Waals surface area contributed by atoms with Gasteiger partial charge in [0, 0.05) is 25.9 Å². The molecule has 8 heteroatoms. The summed E-state index contributed by atoms with van der Waals surface area (Å²) in [5.41, 5.74) is 8.42. The normalized spacial score (nSPS) is 19.2. The Bertz CT molecular complexity index is 840. The number of carbonyl (C=O) groups excluding carboxylic acids is 1. The van der Waals surface area contributed by atoms with Crippen LogP contribution in [0.5, 0.6) is 11.5 Å². The number of aryl methyl sites for hydroxylation is 1. The Labute approximate surface area is 193 Å². The van der Waals surface area contributed by atoms with Gasteiger partial charge in [-0.3, -0.25) is 4.90 Å². The van der Waals surface area contributed by atoms with Crippen molar-refractivity contribution in [3.8, 4) is 11.5 Å². The number of aldehydes is 1. The summed E-state index contributed by atoms with van der Waals surface area (Å²) in [6.07, 6.45) is 1.78. The molecule has 1 aliphatic heterocycles. The van der Waals surface area contributed by atoms with Crippen molar-refractivity contribution in [3.63, 3.8) is 0 Å². The standard InChI is InChI=1S/C23H28Cl2N2O4/c1-16-13-19(24)22(20(25)14-16)31-12-11-29-18-5-3-17(4-6-18)15-21-23(26)27(7-2-9-28)8-10-30-21/h3-6,9,13-14,21,23H,2,7-8,10-12,15,26H2,1H3. The maximum atomic E-state index is 10.6. The topological polar surface area (TPSA) is 74.0 Å². The van der Waals surface area contributed by atoms with Crippen LogP contribution >= 0.6 is 23.2 Å². The molecule has 0 spiro atoms. The predicted molar refractivity (Wildman–Crippen MR) is 122 cm³/mol. The fourth-order valence-electron chi connectivity index (χ4n) is 3.55. The summed E-state index contributed by atoms with van der Waals surface area (Å²) in [4.78, 5) is 12.7. The fraction of sp³-hybridized carbons (Fsp3) is 0.435. The third-order valence-electron chi connectivity index (χ3n) is 5.15. The summed E-state index contributed by atoms with van der Waals surface area (Å²) in [7, 11) is 0. The molecule has 3 rings (SSSR count). The van der Waals surface area contributed by atoms with Crippen molar-refractivity contribution in [1.82, 2.24) is 4.90 Å². The molecule has 6 nitrogen and oxygen atoms in total. The molecule has 0 saturated carbocycles. The fourth-order valence-corrected chi connectivity index (χ4v) is 4.25. The van der Waals surface area contributed by atoms with Gasteiger partial charge in [0.1, 0.15) is 25.2 Å². The molecule has 168 valence electrons. The van der Waals surface area contributed by atoms with Crippen LogP contribution in [0, 0.1) is 6.92 Å². The van der Waals surface area contributed by atoms with E-state index in [-0.39, 0.29) is 12.3 Å². The number of hydrogen-bond donors (Lipinski definition) is 1. The van der Waals surface area contributed by atoms with Crippen molar-refractivity contribution in [2.75, 3.05) is 32.9 Å². The van der Waals surface area contributed by atoms with E-state index in [0.717, 1.165) is 29.7 Å². The van der Waals surface area contributed by atoms with Gasteiger partial charge in [0.2, 0.25) is 0 Å². The van der Waals surface area contributed by atoms with Crippen molar-refractivity contribution in [3.05, 3.63) is 57.6 Å². The molecule has 0 radical (unpaired) electrons. The molecule has 2 N–H and O–H groups in total. The first-order chi connectivity index (χ1) is 15.0.